The van der Waals surface area contributed by atoms with Crippen LogP contribution < -0.4 is 5.32 Å². The van der Waals surface area contributed by atoms with Crippen molar-refractivity contribution in [1.82, 2.24) is 19.4 Å². The van der Waals surface area contributed by atoms with Crippen LogP contribution in [0.4, 0.5) is 0 Å². The second-order valence-corrected chi connectivity index (χ2v) is 6.46. The molecule has 7 heteroatoms. The summed E-state index contributed by atoms with van der Waals surface area (Å²) in [6, 6.07) is 0. The lowest BCUT2D eigenvalue weighted by Gasteiger charge is -2.21. The minimum absolute atomic E-state index is 0.284. The average molecular weight is 284 g/mol. The Hall–Kier alpha value is -1.18. The van der Waals surface area contributed by atoms with Gasteiger partial charge >= 0.3 is 0 Å². The van der Waals surface area contributed by atoms with E-state index in [0.717, 1.165) is 25.9 Å². The van der Waals surface area contributed by atoms with Crippen molar-refractivity contribution in [1.29, 1.82) is 0 Å². The first kappa shape index (κ1) is 14.2. The predicted molar refractivity (Wildman–Crippen MR) is 73.3 cm³/mol. The van der Waals surface area contributed by atoms with Gasteiger partial charge in [0.2, 0.25) is 10.0 Å². The Morgan fingerprint density at radius 1 is 1.42 bits per heavy atom. The highest BCUT2D eigenvalue weighted by Crippen LogP contribution is 2.17. The highest BCUT2D eigenvalue weighted by molar-refractivity contribution is 7.89. The highest BCUT2D eigenvalue weighted by Gasteiger charge is 2.25. The SMILES string of the molecule is CNCCCn1cc(S(=O)(=O)N2CC=CCC2)cn1. The smallest absolute Gasteiger partial charge is 0.246 e. The molecule has 2 rings (SSSR count). The Kier molecular flexibility index (Phi) is 4.73. The van der Waals surface area contributed by atoms with Crippen molar-refractivity contribution in [3.05, 3.63) is 24.5 Å². The highest BCUT2D eigenvalue weighted by atomic mass is 32.2. The van der Waals surface area contributed by atoms with Crippen molar-refractivity contribution in [3.63, 3.8) is 0 Å². The number of hydrogen-bond acceptors (Lipinski definition) is 4. The molecule has 0 bridgehead atoms. The third-order valence-corrected chi connectivity index (χ3v) is 4.90. The molecule has 19 heavy (non-hydrogen) atoms. The number of aryl methyl sites for hydroxylation is 1. The number of nitrogens with one attached hydrogen (secondary N) is 1. The van der Waals surface area contributed by atoms with Gasteiger partial charge in [0.1, 0.15) is 4.90 Å². The first-order chi connectivity index (χ1) is 9.14. The predicted octanol–water partition coefficient (Wildman–Crippen LogP) is 0.443. The first-order valence-electron chi connectivity index (χ1n) is 6.47. The van der Waals surface area contributed by atoms with Crippen LogP contribution in [0.15, 0.2) is 29.4 Å². The Morgan fingerprint density at radius 2 is 2.26 bits per heavy atom. The molecular formula is C12H20N4O2S. The summed E-state index contributed by atoms with van der Waals surface area (Å²) in [5.41, 5.74) is 0. The van der Waals surface area contributed by atoms with E-state index in [-0.39, 0.29) is 4.90 Å². The fourth-order valence-corrected chi connectivity index (χ4v) is 3.37. The second-order valence-electron chi connectivity index (χ2n) is 4.52. The number of aromatic nitrogens is 2. The van der Waals surface area contributed by atoms with Gasteiger partial charge in [-0.25, -0.2) is 8.42 Å². The van der Waals surface area contributed by atoms with Crippen LogP contribution in [0.2, 0.25) is 0 Å². The van der Waals surface area contributed by atoms with Crippen LogP contribution in [0.1, 0.15) is 12.8 Å². The molecule has 0 radical (unpaired) electrons. The quantitative estimate of drug-likeness (QED) is 0.608. The number of hydrogen-bond donors (Lipinski definition) is 1. The maximum atomic E-state index is 12.4. The van der Waals surface area contributed by atoms with Crippen LogP contribution in [0.25, 0.3) is 0 Å². The van der Waals surface area contributed by atoms with E-state index < -0.39 is 10.0 Å². The van der Waals surface area contributed by atoms with Crippen LogP contribution >= 0.6 is 0 Å². The van der Waals surface area contributed by atoms with Crippen LogP contribution in [-0.2, 0) is 16.6 Å². The summed E-state index contributed by atoms with van der Waals surface area (Å²) in [6.45, 7) is 2.60. The minimum atomic E-state index is -3.39. The zero-order chi connectivity index (χ0) is 13.7. The number of nitrogens with zero attached hydrogens (tertiary/aromatic N) is 3. The summed E-state index contributed by atoms with van der Waals surface area (Å²) >= 11 is 0. The molecule has 1 N–H and O–H groups in total. The van der Waals surface area contributed by atoms with Gasteiger partial charge in [-0.2, -0.15) is 9.40 Å². The number of sulfonamides is 1. The van der Waals surface area contributed by atoms with E-state index in [1.54, 1.807) is 10.9 Å². The van der Waals surface area contributed by atoms with E-state index in [4.69, 9.17) is 0 Å². The molecule has 1 aromatic rings. The molecule has 0 saturated heterocycles. The van der Waals surface area contributed by atoms with E-state index in [0.29, 0.717) is 13.1 Å². The third-order valence-electron chi connectivity index (χ3n) is 3.08. The molecular weight excluding hydrogens is 264 g/mol. The molecule has 1 aliphatic rings. The summed E-state index contributed by atoms with van der Waals surface area (Å²) in [7, 11) is -1.50. The lowest BCUT2D eigenvalue weighted by molar-refractivity contribution is 0.437. The van der Waals surface area contributed by atoms with E-state index >= 15 is 0 Å². The standard InChI is InChI=1S/C12H20N4O2S/c1-13-6-5-7-15-11-12(10-14-15)19(17,18)16-8-3-2-4-9-16/h2-3,10-11,13H,4-9H2,1H3. The van der Waals surface area contributed by atoms with Crippen molar-refractivity contribution in [2.24, 2.45) is 0 Å². The largest absolute Gasteiger partial charge is 0.320 e. The molecule has 0 aromatic carbocycles. The molecule has 1 aromatic heterocycles. The molecule has 6 nitrogen and oxygen atoms in total. The molecule has 0 aliphatic carbocycles. The van der Waals surface area contributed by atoms with Gasteiger partial charge in [0.15, 0.2) is 0 Å². The van der Waals surface area contributed by atoms with Gasteiger partial charge in [-0.15, -0.1) is 0 Å². The molecule has 0 atom stereocenters. The minimum Gasteiger partial charge on any atom is -0.320 e. The Labute approximate surface area is 114 Å². The van der Waals surface area contributed by atoms with Crippen LogP contribution in [0, 0.1) is 0 Å². The fourth-order valence-electron chi connectivity index (χ4n) is 2.01. The molecule has 0 fully saturated rings. The molecule has 0 amide bonds. The van der Waals surface area contributed by atoms with Gasteiger partial charge in [0.25, 0.3) is 0 Å². The van der Waals surface area contributed by atoms with Crippen molar-refractivity contribution >= 4 is 10.0 Å². The summed E-state index contributed by atoms with van der Waals surface area (Å²) < 4.78 is 27.9. The summed E-state index contributed by atoms with van der Waals surface area (Å²) in [5, 5.41) is 7.17. The van der Waals surface area contributed by atoms with E-state index in [1.165, 1.54) is 10.5 Å². The van der Waals surface area contributed by atoms with E-state index in [9.17, 15) is 8.42 Å². The Balaban J connectivity index is 2.06. The summed E-state index contributed by atoms with van der Waals surface area (Å²) in [5.74, 6) is 0. The van der Waals surface area contributed by atoms with Crippen LogP contribution in [-0.4, -0.2) is 49.2 Å². The third kappa shape index (κ3) is 3.43. The molecule has 2 heterocycles. The maximum Gasteiger partial charge on any atom is 0.246 e. The van der Waals surface area contributed by atoms with Crippen molar-refractivity contribution in [2.45, 2.75) is 24.3 Å². The van der Waals surface area contributed by atoms with Gasteiger partial charge in [-0.3, -0.25) is 4.68 Å². The Bertz CT molecular complexity index is 536. The van der Waals surface area contributed by atoms with Gasteiger partial charge in [-0.05, 0) is 26.4 Å². The molecule has 1 aliphatic heterocycles. The van der Waals surface area contributed by atoms with Gasteiger partial charge in [0, 0.05) is 25.8 Å². The molecule has 106 valence electrons. The van der Waals surface area contributed by atoms with Gasteiger partial charge in [0.05, 0.1) is 6.20 Å². The van der Waals surface area contributed by atoms with E-state index in [1.807, 2.05) is 19.2 Å². The van der Waals surface area contributed by atoms with Crippen LogP contribution in [0.5, 0.6) is 0 Å². The van der Waals surface area contributed by atoms with Crippen molar-refractivity contribution in [2.75, 3.05) is 26.7 Å². The summed E-state index contributed by atoms with van der Waals surface area (Å²) in [4.78, 5) is 0.284. The van der Waals surface area contributed by atoms with Crippen molar-refractivity contribution < 1.29 is 8.42 Å². The van der Waals surface area contributed by atoms with Gasteiger partial charge < -0.3 is 5.32 Å². The second kappa shape index (κ2) is 6.31. The lowest BCUT2D eigenvalue weighted by Crippen LogP contribution is -2.33. The lowest BCUT2D eigenvalue weighted by atomic mass is 10.3. The molecule has 0 spiro atoms. The zero-order valence-corrected chi connectivity index (χ0v) is 11.9. The van der Waals surface area contributed by atoms with Crippen LogP contribution in [0.3, 0.4) is 0 Å². The monoisotopic (exact) mass is 284 g/mol. The summed E-state index contributed by atoms with van der Waals surface area (Å²) in [6.07, 6.45) is 8.64. The first-order valence-corrected chi connectivity index (χ1v) is 7.91. The number of rotatable bonds is 6. The normalized spacial score (nSPS) is 16.9. The fraction of sp³-hybridized carbons (Fsp3) is 0.583. The van der Waals surface area contributed by atoms with Gasteiger partial charge in [-0.1, -0.05) is 12.2 Å². The Morgan fingerprint density at radius 3 is 2.95 bits per heavy atom. The molecule has 0 saturated carbocycles. The van der Waals surface area contributed by atoms with Crippen molar-refractivity contribution in [3.8, 4) is 0 Å². The topological polar surface area (TPSA) is 67.2 Å². The maximum absolute atomic E-state index is 12.4. The molecule has 0 unspecified atom stereocenters. The zero-order valence-electron chi connectivity index (χ0n) is 11.1. The average Bonchev–Trinajstić information content (AvgIpc) is 2.90. The van der Waals surface area contributed by atoms with E-state index in [2.05, 4.69) is 10.4 Å².